The molecule has 2 aromatic rings. The smallest absolute Gasteiger partial charge is 0.123 e. The average molecular weight is 235 g/mol. The molecule has 0 aliphatic carbocycles. The number of rotatable bonds is 4. The number of aliphatic hydroxyl groups excluding tert-OH is 1. The van der Waals surface area contributed by atoms with Crippen LogP contribution in [0.25, 0.3) is 0 Å². The molecule has 90 valence electrons. The highest BCUT2D eigenvalue weighted by atomic mass is 19.1. The Morgan fingerprint density at radius 3 is 2.71 bits per heavy atom. The lowest BCUT2D eigenvalue weighted by Gasteiger charge is -2.20. The first kappa shape index (κ1) is 11.8. The fourth-order valence-corrected chi connectivity index (χ4v) is 1.86. The largest absolute Gasteiger partial charge is 0.472 e. The second-order valence-corrected chi connectivity index (χ2v) is 3.90. The van der Waals surface area contributed by atoms with Crippen LogP contribution in [0.1, 0.15) is 23.1 Å². The maximum absolute atomic E-state index is 13.1. The van der Waals surface area contributed by atoms with Crippen molar-refractivity contribution in [2.24, 2.45) is 5.73 Å². The molecule has 3 nitrogen and oxygen atoms in total. The van der Waals surface area contributed by atoms with Gasteiger partial charge >= 0.3 is 0 Å². The van der Waals surface area contributed by atoms with E-state index in [1.54, 1.807) is 18.2 Å². The van der Waals surface area contributed by atoms with Gasteiger partial charge in [-0.3, -0.25) is 0 Å². The molecule has 0 saturated carbocycles. The Morgan fingerprint density at radius 1 is 1.29 bits per heavy atom. The maximum Gasteiger partial charge on any atom is 0.123 e. The number of halogens is 1. The van der Waals surface area contributed by atoms with Gasteiger partial charge in [0.1, 0.15) is 5.82 Å². The molecule has 1 aromatic carbocycles. The van der Waals surface area contributed by atoms with Gasteiger partial charge in [0.2, 0.25) is 0 Å². The van der Waals surface area contributed by atoms with E-state index >= 15 is 0 Å². The van der Waals surface area contributed by atoms with Crippen LogP contribution in [0, 0.1) is 5.82 Å². The number of hydrogen-bond donors (Lipinski definition) is 2. The summed E-state index contributed by atoms with van der Waals surface area (Å²) < 4.78 is 18.0. The molecule has 0 fully saturated rings. The molecule has 0 aliphatic heterocycles. The third-order valence-electron chi connectivity index (χ3n) is 2.80. The van der Waals surface area contributed by atoms with Gasteiger partial charge in [-0.2, -0.15) is 0 Å². The van der Waals surface area contributed by atoms with Crippen molar-refractivity contribution in [2.75, 3.05) is 6.54 Å². The molecule has 2 unspecified atom stereocenters. The summed E-state index contributed by atoms with van der Waals surface area (Å²) in [5.41, 5.74) is 6.97. The van der Waals surface area contributed by atoms with Gasteiger partial charge in [-0.15, -0.1) is 0 Å². The standard InChI is InChI=1S/C13H14FNO2/c14-11-3-1-2-9(6-11)12(7-15)13(16)10-4-5-17-8-10/h1-6,8,12-13,16H,7,15H2. The van der Waals surface area contributed by atoms with Gasteiger partial charge in [-0.1, -0.05) is 12.1 Å². The lowest BCUT2D eigenvalue weighted by atomic mass is 9.90. The van der Waals surface area contributed by atoms with Crippen LogP contribution in [-0.4, -0.2) is 11.7 Å². The Bertz CT molecular complexity index is 470. The van der Waals surface area contributed by atoms with E-state index in [-0.39, 0.29) is 18.3 Å². The van der Waals surface area contributed by atoms with Crippen molar-refractivity contribution in [3.05, 3.63) is 59.8 Å². The normalized spacial score (nSPS) is 14.5. The Kier molecular flexibility index (Phi) is 3.56. The van der Waals surface area contributed by atoms with Crippen LogP contribution < -0.4 is 5.73 Å². The molecule has 1 heterocycles. The van der Waals surface area contributed by atoms with Crippen molar-refractivity contribution in [2.45, 2.75) is 12.0 Å². The van der Waals surface area contributed by atoms with Gasteiger partial charge < -0.3 is 15.3 Å². The molecule has 3 N–H and O–H groups in total. The van der Waals surface area contributed by atoms with E-state index in [9.17, 15) is 9.50 Å². The van der Waals surface area contributed by atoms with Gasteiger partial charge in [-0.25, -0.2) is 4.39 Å². The predicted octanol–water partition coefficient (Wildman–Crippen LogP) is 2.19. The molecule has 0 radical (unpaired) electrons. The number of aliphatic hydroxyl groups is 1. The third kappa shape index (κ3) is 2.54. The molecule has 0 bridgehead atoms. The van der Waals surface area contributed by atoms with Crippen molar-refractivity contribution in [1.82, 2.24) is 0 Å². The highest BCUT2D eigenvalue weighted by Gasteiger charge is 2.22. The fraction of sp³-hybridized carbons (Fsp3) is 0.231. The van der Waals surface area contributed by atoms with E-state index in [0.717, 1.165) is 0 Å². The molecule has 2 atom stereocenters. The summed E-state index contributed by atoms with van der Waals surface area (Å²) in [6.07, 6.45) is 2.16. The van der Waals surface area contributed by atoms with Crippen LogP contribution in [0.2, 0.25) is 0 Å². The van der Waals surface area contributed by atoms with Gasteiger partial charge in [0.25, 0.3) is 0 Å². The zero-order valence-corrected chi connectivity index (χ0v) is 9.21. The lowest BCUT2D eigenvalue weighted by molar-refractivity contribution is 0.146. The number of nitrogens with two attached hydrogens (primary N) is 1. The molecule has 0 amide bonds. The summed E-state index contributed by atoms with van der Waals surface area (Å²) in [5.74, 6) is -0.677. The monoisotopic (exact) mass is 235 g/mol. The summed E-state index contributed by atoms with van der Waals surface area (Å²) in [5, 5.41) is 10.2. The van der Waals surface area contributed by atoms with Crippen molar-refractivity contribution >= 4 is 0 Å². The topological polar surface area (TPSA) is 59.4 Å². The van der Waals surface area contributed by atoms with Crippen LogP contribution in [-0.2, 0) is 0 Å². The molecule has 17 heavy (non-hydrogen) atoms. The third-order valence-corrected chi connectivity index (χ3v) is 2.80. The molecular formula is C13H14FNO2. The van der Waals surface area contributed by atoms with Gasteiger partial charge in [0.05, 0.1) is 18.6 Å². The van der Waals surface area contributed by atoms with E-state index in [0.29, 0.717) is 11.1 Å². The molecule has 1 aromatic heterocycles. The van der Waals surface area contributed by atoms with Crippen LogP contribution in [0.15, 0.2) is 47.3 Å². The van der Waals surface area contributed by atoms with Gasteiger partial charge in [0.15, 0.2) is 0 Å². The van der Waals surface area contributed by atoms with Gasteiger partial charge in [0, 0.05) is 18.0 Å². The SMILES string of the molecule is NCC(c1cccc(F)c1)C(O)c1ccoc1. The van der Waals surface area contributed by atoms with Crippen LogP contribution >= 0.6 is 0 Å². The molecule has 2 rings (SSSR count). The molecule has 4 heteroatoms. The predicted molar refractivity (Wildman–Crippen MR) is 61.9 cm³/mol. The van der Waals surface area contributed by atoms with E-state index in [1.807, 2.05) is 0 Å². The first-order chi connectivity index (χ1) is 8.22. The summed E-state index contributed by atoms with van der Waals surface area (Å²) in [6.45, 7) is 0.232. The summed E-state index contributed by atoms with van der Waals surface area (Å²) in [7, 11) is 0. The van der Waals surface area contributed by atoms with E-state index in [4.69, 9.17) is 10.2 Å². The van der Waals surface area contributed by atoms with Gasteiger partial charge in [-0.05, 0) is 23.8 Å². The van der Waals surface area contributed by atoms with E-state index in [1.165, 1.54) is 24.7 Å². The molecule has 0 aliphatic rings. The zero-order chi connectivity index (χ0) is 12.3. The second-order valence-electron chi connectivity index (χ2n) is 3.90. The minimum Gasteiger partial charge on any atom is -0.472 e. The van der Waals surface area contributed by atoms with Crippen LogP contribution in [0.5, 0.6) is 0 Å². The Labute approximate surface area is 98.7 Å². The first-order valence-corrected chi connectivity index (χ1v) is 5.38. The van der Waals surface area contributed by atoms with Crippen LogP contribution in [0.4, 0.5) is 4.39 Å². The average Bonchev–Trinajstić information content (AvgIpc) is 2.83. The fourth-order valence-electron chi connectivity index (χ4n) is 1.86. The minimum atomic E-state index is -0.791. The quantitative estimate of drug-likeness (QED) is 0.854. The Balaban J connectivity index is 2.27. The Hall–Kier alpha value is -1.65. The Morgan fingerprint density at radius 2 is 2.12 bits per heavy atom. The summed E-state index contributed by atoms with van der Waals surface area (Å²) >= 11 is 0. The van der Waals surface area contributed by atoms with Crippen molar-refractivity contribution in [3.8, 4) is 0 Å². The first-order valence-electron chi connectivity index (χ1n) is 5.38. The van der Waals surface area contributed by atoms with Crippen LogP contribution in [0.3, 0.4) is 0 Å². The number of hydrogen-bond acceptors (Lipinski definition) is 3. The zero-order valence-electron chi connectivity index (χ0n) is 9.21. The molecule has 0 saturated heterocycles. The van der Waals surface area contributed by atoms with E-state index < -0.39 is 6.10 Å². The molecule has 0 spiro atoms. The highest BCUT2D eigenvalue weighted by molar-refractivity contribution is 5.25. The highest BCUT2D eigenvalue weighted by Crippen LogP contribution is 2.30. The number of furan rings is 1. The second kappa shape index (κ2) is 5.12. The number of benzene rings is 1. The molecular weight excluding hydrogens is 221 g/mol. The lowest BCUT2D eigenvalue weighted by Crippen LogP contribution is -2.20. The van der Waals surface area contributed by atoms with Crippen molar-refractivity contribution in [3.63, 3.8) is 0 Å². The van der Waals surface area contributed by atoms with Crippen molar-refractivity contribution in [1.29, 1.82) is 0 Å². The van der Waals surface area contributed by atoms with E-state index in [2.05, 4.69) is 0 Å². The summed E-state index contributed by atoms with van der Waals surface area (Å²) in [6, 6.07) is 7.79. The van der Waals surface area contributed by atoms with Crippen molar-refractivity contribution < 1.29 is 13.9 Å². The summed E-state index contributed by atoms with van der Waals surface area (Å²) in [4.78, 5) is 0. The minimum absolute atomic E-state index is 0.232. The maximum atomic E-state index is 13.1.